The minimum atomic E-state index is -4.23. The molecule has 0 aromatic carbocycles. The first-order valence-corrected chi connectivity index (χ1v) is 7.03. The van der Waals surface area contributed by atoms with Crippen LogP contribution in [0.5, 0.6) is 0 Å². The topological polar surface area (TPSA) is 46.2 Å². The van der Waals surface area contributed by atoms with Gasteiger partial charge in [-0.2, -0.15) is 13.2 Å². The molecule has 17 heavy (non-hydrogen) atoms. The molecular weight excluding hydrogens is 255 g/mol. The van der Waals surface area contributed by atoms with Crippen molar-refractivity contribution in [3.05, 3.63) is 0 Å². The molecule has 1 atom stereocenters. The fourth-order valence-electron chi connectivity index (χ4n) is 1.17. The number of halogens is 3. The smallest absolute Gasteiger partial charge is 0.313 e. The van der Waals surface area contributed by atoms with Gasteiger partial charge in [0.15, 0.2) is 9.84 Å². The maximum Gasteiger partial charge on any atom is 0.390 e. The molecule has 1 N–H and O–H groups in total. The minimum Gasteiger partial charge on any atom is -0.313 e. The van der Waals surface area contributed by atoms with E-state index in [9.17, 15) is 21.6 Å². The average Bonchev–Trinajstić information content (AvgIpc) is 1.97. The number of alkyl halides is 3. The van der Waals surface area contributed by atoms with Crippen LogP contribution in [0.4, 0.5) is 13.2 Å². The normalized spacial score (nSPS) is 15.9. The number of hydrogen-bond donors (Lipinski definition) is 1. The molecule has 0 radical (unpaired) electrons. The summed E-state index contributed by atoms with van der Waals surface area (Å²) in [6, 6.07) is -0.773. The summed E-state index contributed by atoms with van der Waals surface area (Å²) in [5.74, 6) is -0.154. The van der Waals surface area contributed by atoms with Crippen molar-refractivity contribution in [2.24, 2.45) is 0 Å². The van der Waals surface area contributed by atoms with E-state index in [0.717, 1.165) is 0 Å². The molecule has 0 aliphatic heterocycles. The second-order valence-electron chi connectivity index (χ2n) is 5.11. The molecule has 0 heterocycles. The Morgan fingerprint density at radius 2 is 1.65 bits per heavy atom. The van der Waals surface area contributed by atoms with Gasteiger partial charge in [-0.05, 0) is 27.7 Å². The molecule has 0 saturated heterocycles. The SMILES string of the molecule is CC(CC(F)(F)F)NCCS(=O)(=O)C(C)(C)C. The fraction of sp³-hybridized carbons (Fsp3) is 1.00. The van der Waals surface area contributed by atoms with Gasteiger partial charge in [-0.15, -0.1) is 0 Å². The number of rotatable bonds is 5. The summed E-state index contributed by atoms with van der Waals surface area (Å²) in [6.45, 7) is 6.14. The summed E-state index contributed by atoms with van der Waals surface area (Å²) >= 11 is 0. The van der Waals surface area contributed by atoms with E-state index in [1.165, 1.54) is 6.92 Å². The van der Waals surface area contributed by atoms with Crippen LogP contribution in [0.3, 0.4) is 0 Å². The predicted octanol–water partition coefficient (Wildman–Crippen LogP) is 2.13. The highest BCUT2D eigenvalue weighted by molar-refractivity contribution is 7.92. The van der Waals surface area contributed by atoms with E-state index in [-0.39, 0.29) is 12.3 Å². The summed E-state index contributed by atoms with van der Waals surface area (Å²) in [5, 5.41) is 2.57. The van der Waals surface area contributed by atoms with Crippen LogP contribution in [-0.2, 0) is 9.84 Å². The summed E-state index contributed by atoms with van der Waals surface area (Å²) < 4.78 is 58.4. The average molecular weight is 275 g/mol. The van der Waals surface area contributed by atoms with Crippen molar-refractivity contribution < 1.29 is 21.6 Å². The minimum absolute atomic E-state index is 0.0385. The highest BCUT2D eigenvalue weighted by atomic mass is 32.2. The van der Waals surface area contributed by atoms with E-state index in [4.69, 9.17) is 0 Å². The zero-order valence-electron chi connectivity index (χ0n) is 10.6. The zero-order valence-corrected chi connectivity index (χ0v) is 11.4. The zero-order chi connectivity index (χ0) is 13.9. The molecule has 0 aromatic rings. The second-order valence-corrected chi connectivity index (χ2v) is 7.97. The number of nitrogens with one attached hydrogen (secondary N) is 1. The summed E-state index contributed by atoms with van der Waals surface area (Å²) in [4.78, 5) is 0. The van der Waals surface area contributed by atoms with Crippen molar-refractivity contribution in [3.8, 4) is 0 Å². The van der Waals surface area contributed by atoms with Gasteiger partial charge in [-0.25, -0.2) is 8.42 Å². The van der Waals surface area contributed by atoms with Crippen molar-refractivity contribution in [2.45, 2.75) is 51.1 Å². The molecule has 0 fully saturated rings. The van der Waals surface area contributed by atoms with Crippen molar-refractivity contribution in [1.82, 2.24) is 5.32 Å². The Morgan fingerprint density at radius 1 is 1.18 bits per heavy atom. The molecule has 0 saturated carbocycles. The standard InChI is InChI=1S/C10H20F3NO2S/c1-8(7-10(11,12)13)14-5-6-17(15,16)9(2,3)4/h8,14H,5-7H2,1-4H3. The van der Waals surface area contributed by atoms with Gasteiger partial charge in [0.2, 0.25) is 0 Å². The lowest BCUT2D eigenvalue weighted by atomic mass is 10.2. The molecule has 0 aliphatic carbocycles. The lowest BCUT2D eigenvalue weighted by Gasteiger charge is -2.21. The van der Waals surface area contributed by atoms with Crippen molar-refractivity contribution in [1.29, 1.82) is 0 Å². The van der Waals surface area contributed by atoms with E-state index in [1.54, 1.807) is 20.8 Å². The molecule has 7 heteroatoms. The Kier molecular flexibility index (Phi) is 5.46. The summed E-state index contributed by atoms with van der Waals surface area (Å²) in [5.41, 5.74) is 0. The van der Waals surface area contributed by atoms with E-state index in [0.29, 0.717) is 0 Å². The van der Waals surface area contributed by atoms with Crippen molar-refractivity contribution in [2.75, 3.05) is 12.3 Å². The van der Waals surface area contributed by atoms with Gasteiger partial charge in [0.05, 0.1) is 16.9 Å². The molecule has 0 spiro atoms. The molecule has 0 aliphatic rings. The Labute approximate surface area is 101 Å². The van der Waals surface area contributed by atoms with Crippen LogP contribution in [0.25, 0.3) is 0 Å². The first-order chi connectivity index (χ1) is 7.35. The predicted molar refractivity (Wildman–Crippen MR) is 61.7 cm³/mol. The Hall–Kier alpha value is -0.300. The van der Waals surface area contributed by atoms with E-state index in [1.807, 2.05) is 0 Å². The Morgan fingerprint density at radius 3 is 2.00 bits per heavy atom. The van der Waals surface area contributed by atoms with Crippen molar-refractivity contribution >= 4 is 9.84 Å². The lowest BCUT2D eigenvalue weighted by molar-refractivity contribution is -0.138. The van der Waals surface area contributed by atoms with Crippen LogP contribution >= 0.6 is 0 Å². The van der Waals surface area contributed by atoms with Gasteiger partial charge in [0.1, 0.15) is 0 Å². The second kappa shape index (κ2) is 5.56. The monoisotopic (exact) mass is 275 g/mol. The van der Waals surface area contributed by atoms with Gasteiger partial charge in [-0.1, -0.05) is 0 Å². The Bertz CT molecular complexity index is 330. The molecule has 0 amide bonds. The van der Waals surface area contributed by atoms with Crippen LogP contribution in [0.2, 0.25) is 0 Å². The van der Waals surface area contributed by atoms with Crippen molar-refractivity contribution in [3.63, 3.8) is 0 Å². The highest BCUT2D eigenvalue weighted by Gasteiger charge is 2.31. The van der Waals surface area contributed by atoms with E-state index >= 15 is 0 Å². The van der Waals surface area contributed by atoms with Crippen LogP contribution in [0.1, 0.15) is 34.1 Å². The third-order valence-corrected chi connectivity index (χ3v) is 4.94. The Balaban J connectivity index is 4.10. The highest BCUT2D eigenvalue weighted by Crippen LogP contribution is 2.21. The molecule has 0 aromatic heterocycles. The van der Waals surface area contributed by atoms with Crippen LogP contribution in [0.15, 0.2) is 0 Å². The summed E-state index contributed by atoms with van der Waals surface area (Å²) in [7, 11) is -3.28. The van der Waals surface area contributed by atoms with Gasteiger partial charge in [-0.3, -0.25) is 0 Å². The molecule has 104 valence electrons. The third-order valence-electron chi connectivity index (χ3n) is 2.33. The molecule has 1 unspecified atom stereocenters. The molecule has 3 nitrogen and oxygen atoms in total. The van der Waals surface area contributed by atoms with E-state index < -0.39 is 33.2 Å². The maximum atomic E-state index is 12.0. The summed E-state index contributed by atoms with van der Waals surface area (Å²) in [6.07, 6.45) is -5.18. The molecular formula is C10H20F3NO2S. The third kappa shape index (κ3) is 6.88. The largest absolute Gasteiger partial charge is 0.390 e. The van der Waals surface area contributed by atoms with Gasteiger partial charge < -0.3 is 5.32 Å². The lowest BCUT2D eigenvalue weighted by Crippen LogP contribution is -2.38. The van der Waals surface area contributed by atoms with E-state index in [2.05, 4.69) is 5.32 Å². The van der Waals surface area contributed by atoms with Crippen LogP contribution < -0.4 is 5.32 Å². The quantitative estimate of drug-likeness (QED) is 0.836. The maximum absolute atomic E-state index is 12.0. The van der Waals surface area contributed by atoms with Crippen LogP contribution in [0, 0.1) is 0 Å². The molecule has 0 rings (SSSR count). The fourth-order valence-corrected chi connectivity index (χ4v) is 2.16. The van der Waals surface area contributed by atoms with Gasteiger partial charge >= 0.3 is 6.18 Å². The first-order valence-electron chi connectivity index (χ1n) is 5.37. The van der Waals surface area contributed by atoms with Gasteiger partial charge in [0, 0.05) is 12.6 Å². The first kappa shape index (κ1) is 16.7. The number of hydrogen-bond acceptors (Lipinski definition) is 3. The van der Waals surface area contributed by atoms with Gasteiger partial charge in [0.25, 0.3) is 0 Å². The number of sulfone groups is 1. The molecule has 0 bridgehead atoms. The van der Waals surface area contributed by atoms with Crippen LogP contribution in [-0.4, -0.2) is 37.7 Å².